The molecule has 35 heteroatoms. The first kappa shape index (κ1) is 82.7. The second kappa shape index (κ2) is 38.3. The number of primary amides is 1. The Kier molecular flexibility index (Phi) is 27.3. The predicted molar refractivity (Wildman–Crippen MR) is 445 cm³/mol. The van der Waals surface area contributed by atoms with Crippen molar-refractivity contribution in [2.24, 2.45) is 46.6 Å². The van der Waals surface area contributed by atoms with E-state index in [-0.39, 0.29) is 97.5 Å². The minimum Gasteiger partial charge on any atom is -0.505 e. The van der Waals surface area contributed by atoms with Crippen molar-refractivity contribution < 1.29 is 73.3 Å². The lowest BCUT2D eigenvalue weighted by Gasteiger charge is -2.11. The summed E-state index contributed by atoms with van der Waals surface area (Å²) >= 11 is 6.00. The van der Waals surface area contributed by atoms with Crippen molar-refractivity contribution in [2.45, 2.75) is 31.7 Å². The highest BCUT2D eigenvalue weighted by atomic mass is 32.2. The fraction of sp³-hybridized carbons (Fsp3) is 0.0988. The third kappa shape index (κ3) is 19.1. The lowest BCUT2D eigenvalue weighted by atomic mass is 10.0. The van der Waals surface area contributed by atoms with Crippen LogP contribution in [0.25, 0.3) is 47.9 Å². The summed E-state index contributed by atoms with van der Waals surface area (Å²) in [5, 5.41) is 107. The summed E-state index contributed by atoms with van der Waals surface area (Å²) in [6, 6.07) is 50.5. The highest BCUT2D eigenvalue weighted by Crippen LogP contribution is 2.47. The molecule has 9 N–H and O–H groups in total. The number of esters is 3. The van der Waals surface area contributed by atoms with Gasteiger partial charge in [-0.05, 0) is 131 Å². The van der Waals surface area contributed by atoms with Crippen LogP contribution in [0.2, 0.25) is 0 Å². The number of aliphatic hydroxyl groups excluding tert-OH is 1. The van der Waals surface area contributed by atoms with Gasteiger partial charge in [-0.3, -0.25) is 19.2 Å². The molecular formula is C81H63N15O15S5. The minimum atomic E-state index is -0.731. The number of benzene rings is 10. The Morgan fingerprint density at radius 2 is 1.03 bits per heavy atom. The number of methoxy groups -OCH3 is 2. The molecule has 4 heterocycles. The Morgan fingerprint density at radius 1 is 0.560 bits per heavy atom. The molecule has 0 spiro atoms. The number of amides is 3. The van der Waals surface area contributed by atoms with Gasteiger partial charge in [0.15, 0.2) is 38.6 Å². The zero-order chi connectivity index (χ0) is 82.7. The summed E-state index contributed by atoms with van der Waals surface area (Å²) in [7, 11) is 2.51. The lowest BCUT2D eigenvalue weighted by Crippen LogP contribution is -2.12. The van der Waals surface area contributed by atoms with Crippen LogP contribution in [0.15, 0.2) is 232 Å². The van der Waals surface area contributed by atoms with Gasteiger partial charge in [0.05, 0.1) is 67.5 Å². The van der Waals surface area contributed by atoms with E-state index in [1.54, 1.807) is 147 Å². The average Bonchev–Trinajstić information content (AvgIpc) is 0.945. The number of rotatable bonds is 20. The molecule has 3 amide bonds. The summed E-state index contributed by atoms with van der Waals surface area (Å²) < 4.78 is 19.3. The molecule has 4 aromatic heterocycles. The van der Waals surface area contributed by atoms with Crippen LogP contribution in [0.1, 0.15) is 95.6 Å². The van der Waals surface area contributed by atoms with E-state index in [0.717, 1.165) is 38.2 Å². The van der Waals surface area contributed by atoms with Crippen LogP contribution in [0.3, 0.4) is 0 Å². The van der Waals surface area contributed by atoms with E-state index in [1.165, 1.54) is 66.2 Å². The molecule has 0 aliphatic heterocycles. The summed E-state index contributed by atoms with van der Waals surface area (Å²) in [5.41, 5.74) is 10.0. The maximum Gasteiger partial charge on any atom is 0.350 e. The molecular weight excluding hydrogens is 1580 g/mol. The molecule has 0 atom stereocenters. The van der Waals surface area contributed by atoms with E-state index in [2.05, 4.69) is 71.0 Å². The van der Waals surface area contributed by atoms with Crippen LogP contribution in [0, 0.1) is 20.4 Å². The largest absolute Gasteiger partial charge is 0.505 e. The van der Waals surface area contributed by atoms with Gasteiger partial charge in [0.2, 0.25) is 5.69 Å². The van der Waals surface area contributed by atoms with Gasteiger partial charge in [-0.1, -0.05) is 150 Å². The maximum atomic E-state index is 13.0. The molecule has 0 saturated heterocycles. The number of nitrogens with two attached hydrogens (primary N) is 1. The molecule has 0 aliphatic rings. The molecule has 10 aromatic carbocycles. The number of carbonyl (C=O) groups is 7. The SMILES string of the molecule is COC(=O)c1cc2ccccc2c(N=Nc2ccsc2C(=O)OC)c1O.CSc1nnc(N=Nc2c(O)c(C(N)=O)cc3ccccc23)s1.Cc1nsc(N=Nc2c(O)c(C(=O)Nc3ccc(CO)cc3)cc3ccccc23)c1C=O.[C-]#[N+]c1c(C(=O)OCC)csc1N=Nc1c(O)c(C(=O)Nc2ccc(C)cc2)cc2ccccc12. The third-order valence-electron chi connectivity index (χ3n) is 16.8. The number of hydrogen-bond acceptors (Lipinski definition) is 31. The van der Waals surface area contributed by atoms with E-state index in [1.807, 2.05) is 49.6 Å². The number of aryl methyl sites for hydroxylation is 2. The summed E-state index contributed by atoms with van der Waals surface area (Å²) in [5.74, 6) is -4.88. The first-order valence-electron chi connectivity index (χ1n) is 34.1. The molecule has 14 rings (SSSR count). The predicted octanol–water partition coefficient (Wildman–Crippen LogP) is 20.8. The topological polar surface area (TPSA) is 440 Å². The second-order valence-electron chi connectivity index (χ2n) is 24.1. The summed E-state index contributed by atoms with van der Waals surface area (Å²) in [4.78, 5) is 88.2. The van der Waals surface area contributed by atoms with Gasteiger partial charge >= 0.3 is 17.9 Å². The Labute approximate surface area is 678 Å². The smallest absolute Gasteiger partial charge is 0.350 e. The minimum absolute atomic E-state index is 0.000262. The van der Waals surface area contributed by atoms with Crippen molar-refractivity contribution in [3.8, 4) is 23.0 Å². The summed E-state index contributed by atoms with van der Waals surface area (Å²) in [6.07, 6.45) is 2.55. The Balaban J connectivity index is 0.000000154. The van der Waals surface area contributed by atoms with Crippen molar-refractivity contribution >= 4 is 203 Å². The van der Waals surface area contributed by atoms with Gasteiger partial charge in [0, 0.05) is 32.9 Å². The Bertz CT molecular complexity index is 6290. The number of thiophene rings is 2. The van der Waals surface area contributed by atoms with Gasteiger partial charge in [-0.15, -0.1) is 68.7 Å². The fourth-order valence-electron chi connectivity index (χ4n) is 11.0. The number of nitrogens with zero attached hydrogens (tertiary/aromatic N) is 12. The Hall–Kier alpha value is -14.3. The first-order chi connectivity index (χ1) is 56.1. The van der Waals surface area contributed by atoms with Crippen LogP contribution < -0.4 is 16.4 Å². The third-order valence-corrected chi connectivity index (χ3v) is 21.1. The van der Waals surface area contributed by atoms with E-state index >= 15 is 0 Å². The molecule has 0 bridgehead atoms. The van der Waals surface area contributed by atoms with Crippen molar-refractivity contribution in [3.63, 3.8) is 0 Å². The van der Waals surface area contributed by atoms with Crippen LogP contribution >= 0.6 is 57.3 Å². The van der Waals surface area contributed by atoms with Crippen LogP contribution in [0.5, 0.6) is 23.0 Å². The molecule has 0 aliphatic carbocycles. The number of phenols is 4. The zero-order valence-corrected chi connectivity index (χ0v) is 65.8. The zero-order valence-electron chi connectivity index (χ0n) is 61.7. The first-order valence-corrected chi connectivity index (χ1v) is 38.7. The lowest BCUT2D eigenvalue weighted by molar-refractivity contribution is 0.0525. The number of azo groups is 4. The van der Waals surface area contributed by atoms with Gasteiger partial charge in [-0.2, -0.15) is 9.49 Å². The van der Waals surface area contributed by atoms with E-state index in [0.29, 0.717) is 92.9 Å². The molecule has 0 saturated carbocycles. The number of carbonyl (C=O) groups excluding carboxylic acids is 7. The maximum absolute atomic E-state index is 13.0. The number of ether oxygens (including phenoxy) is 3. The fourth-order valence-corrected chi connectivity index (χ4v) is 14.3. The molecule has 0 unspecified atom stereocenters. The number of hydrogen-bond donors (Lipinski definition) is 8. The second-order valence-corrected chi connectivity index (χ2v) is 28.6. The quantitative estimate of drug-likeness (QED) is 0.00877. The number of aromatic hydroxyl groups is 4. The van der Waals surface area contributed by atoms with Gasteiger partial charge in [0.25, 0.3) is 22.9 Å². The number of aldehydes is 1. The number of anilines is 2. The van der Waals surface area contributed by atoms with Crippen molar-refractivity contribution in [1.29, 1.82) is 0 Å². The molecule has 0 radical (unpaired) electrons. The molecule has 14 aromatic rings. The standard InChI is InChI=1S/C26H20N4O4S.C23H18N4O4S.C18H14N2O5S.C14H11N5O2S2/c1-4-34-26(33)20-14-35-25(22(20)27-3)30-29-21-18-8-6-5-7-16(18)13-19(23(21)31)24(32)28-17-11-9-15(2)10-12-17;1-13-19(12-29)23(32-27-13)26-25-20-17-5-3-2-4-15(17)10-18(21(20)30)22(31)24-16-8-6-14(11-28)7-9-16;1-24-17(22)12-9-10-5-3-4-6-11(10)14(15(12)21)20-19-13-7-8-26-16(13)18(23)25-2;1-22-14-19-18-13(23-14)17-16-10-8-5-3-2-4-7(8)6-9(11(10)20)12(15)21/h5-14,31H,4H2,1-2H3,(H,28,32);2-10,12,28,30H,11H2,1H3,(H,24,31);3-9,21H,1-2H3;2-6,20H,1H3,(H2,15,21). The van der Waals surface area contributed by atoms with Gasteiger partial charge in [0.1, 0.15) is 43.9 Å². The van der Waals surface area contributed by atoms with Crippen LogP contribution in [-0.2, 0) is 20.8 Å². The Morgan fingerprint density at radius 3 is 1.50 bits per heavy atom. The van der Waals surface area contributed by atoms with Crippen molar-refractivity contribution in [1.82, 2.24) is 14.6 Å². The van der Waals surface area contributed by atoms with Crippen molar-refractivity contribution in [2.75, 3.05) is 37.7 Å². The number of phenolic OH excluding ortho intramolecular Hbond substituents is 3. The normalized spacial score (nSPS) is 11.1. The van der Waals surface area contributed by atoms with Gasteiger partial charge in [-0.25, -0.2) is 19.2 Å². The summed E-state index contributed by atoms with van der Waals surface area (Å²) in [6.45, 7) is 12.9. The molecule has 116 heavy (non-hydrogen) atoms. The highest BCUT2D eigenvalue weighted by molar-refractivity contribution is 8.00. The number of aromatic nitrogens is 3. The van der Waals surface area contributed by atoms with E-state index in [9.17, 15) is 54.0 Å². The van der Waals surface area contributed by atoms with Crippen LogP contribution in [-0.4, -0.2) is 109 Å². The number of thioether (sulfide) groups is 1. The number of fused-ring (bicyclic) bond motifs is 4. The monoisotopic (exact) mass is 1650 g/mol. The highest BCUT2D eigenvalue weighted by Gasteiger charge is 2.25. The van der Waals surface area contributed by atoms with E-state index in [4.69, 9.17) is 31.6 Å². The average molecular weight is 1650 g/mol. The number of nitrogens with one attached hydrogen (secondary N) is 2. The van der Waals surface area contributed by atoms with Crippen LogP contribution in [0.4, 0.5) is 60.6 Å². The van der Waals surface area contributed by atoms with Crippen molar-refractivity contribution in [3.05, 3.63) is 253 Å². The van der Waals surface area contributed by atoms with E-state index < -0.39 is 35.6 Å². The molecule has 30 nitrogen and oxygen atoms in total. The molecule has 0 fully saturated rings. The molecule has 582 valence electrons. The van der Waals surface area contributed by atoms with Gasteiger partial charge < -0.3 is 56.1 Å². The number of aliphatic hydroxyl groups is 1.